The fraction of sp³-hybridized carbons (Fsp3) is 0.0588. The molecule has 0 aliphatic carbocycles. The summed E-state index contributed by atoms with van der Waals surface area (Å²) in [6.45, 7) is 0. The van der Waals surface area contributed by atoms with Crippen LogP contribution in [0.2, 0.25) is 0 Å². The highest BCUT2D eigenvalue weighted by Crippen LogP contribution is 2.18. The standard InChI is InChI=1S/C17H11F2NO2/c18-13-6-4-11(5-7-13)10-16-20-15(17(21)22-16)9-12-2-1-3-14(19)8-12/h1-9H,10H2/b15-9+. The first-order chi connectivity index (χ1) is 10.6. The lowest BCUT2D eigenvalue weighted by molar-refractivity contribution is -0.130. The molecule has 1 aliphatic rings. The van der Waals surface area contributed by atoms with E-state index in [4.69, 9.17) is 4.74 Å². The van der Waals surface area contributed by atoms with Crippen molar-refractivity contribution in [3.63, 3.8) is 0 Å². The molecule has 0 bridgehead atoms. The van der Waals surface area contributed by atoms with Crippen LogP contribution in [0.4, 0.5) is 8.78 Å². The zero-order valence-corrected chi connectivity index (χ0v) is 11.4. The minimum absolute atomic E-state index is 0.114. The molecule has 0 atom stereocenters. The van der Waals surface area contributed by atoms with Crippen LogP contribution in [0.15, 0.2) is 59.2 Å². The number of ether oxygens (including phenoxy) is 1. The number of hydrogen-bond acceptors (Lipinski definition) is 3. The lowest BCUT2D eigenvalue weighted by Crippen LogP contribution is -2.06. The Morgan fingerprint density at radius 3 is 2.55 bits per heavy atom. The average Bonchev–Trinajstić information content (AvgIpc) is 2.81. The number of esters is 1. The first-order valence-electron chi connectivity index (χ1n) is 6.61. The number of carbonyl (C=O) groups is 1. The van der Waals surface area contributed by atoms with Crippen molar-refractivity contribution in [1.82, 2.24) is 0 Å². The highest BCUT2D eigenvalue weighted by molar-refractivity contribution is 6.07. The highest BCUT2D eigenvalue weighted by atomic mass is 19.1. The quantitative estimate of drug-likeness (QED) is 0.642. The molecule has 0 radical (unpaired) electrons. The minimum Gasteiger partial charge on any atom is -0.406 e. The summed E-state index contributed by atoms with van der Waals surface area (Å²) in [5, 5.41) is 0. The van der Waals surface area contributed by atoms with Crippen LogP contribution in [0.3, 0.4) is 0 Å². The first kappa shape index (κ1) is 14.1. The second kappa shape index (κ2) is 5.89. The van der Waals surface area contributed by atoms with Crippen molar-refractivity contribution in [3.8, 4) is 0 Å². The summed E-state index contributed by atoms with van der Waals surface area (Å²) < 4.78 is 31.0. The summed E-state index contributed by atoms with van der Waals surface area (Å²) in [5.74, 6) is -1.07. The molecule has 0 amide bonds. The summed E-state index contributed by atoms with van der Waals surface area (Å²) in [6, 6.07) is 11.7. The van der Waals surface area contributed by atoms with Gasteiger partial charge in [-0.2, -0.15) is 0 Å². The number of hydrogen-bond donors (Lipinski definition) is 0. The number of nitrogens with zero attached hydrogens (tertiary/aromatic N) is 1. The second-order valence-corrected chi connectivity index (χ2v) is 4.78. The maximum absolute atomic E-state index is 13.1. The number of rotatable bonds is 3. The Morgan fingerprint density at radius 1 is 1.05 bits per heavy atom. The Bertz CT molecular complexity index is 780. The Balaban J connectivity index is 1.80. The predicted molar refractivity (Wildman–Crippen MR) is 78.0 cm³/mol. The smallest absolute Gasteiger partial charge is 0.363 e. The van der Waals surface area contributed by atoms with E-state index in [1.54, 1.807) is 24.3 Å². The molecule has 0 fully saturated rings. The van der Waals surface area contributed by atoms with E-state index in [2.05, 4.69) is 4.99 Å². The van der Waals surface area contributed by atoms with Crippen LogP contribution in [0.25, 0.3) is 6.08 Å². The summed E-state index contributed by atoms with van der Waals surface area (Å²) in [5.41, 5.74) is 1.42. The fourth-order valence-electron chi connectivity index (χ4n) is 2.06. The molecule has 3 nitrogen and oxygen atoms in total. The monoisotopic (exact) mass is 299 g/mol. The van der Waals surface area contributed by atoms with Crippen LogP contribution in [-0.4, -0.2) is 11.9 Å². The van der Waals surface area contributed by atoms with Crippen molar-refractivity contribution in [3.05, 3.63) is 77.0 Å². The van der Waals surface area contributed by atoms with Crippen molar-refractivity contribution in [2.24, 2.45) is 4.99 Å². The topological polar surface area (TPSA) is 38.7 Å². The van der Waals surface area contributed by atoms with Crippen LogP contribution in [0, 0.1) is 11.6 Å². The van der Waals surface area contributed by atoms with Crippen molar-refractivity contribution in [2.45, 2.75) is 6.42 Å². The third-order valence-electron chi connectivity index (χ3n) is 3.09. The van der Waals surface area contributed by atoms with Gasteiger partial charge in [0.25, 0.3) is 0 Å². The summed E-state index contributed by atoms with van der Waals surface area (Å²) in [7, 11) is 0. The van der Waals surface area contributed by atoms with E-state index in [1.165, 1.54) is 30.3 Å². The van der Waals surface area contributed by atoms with E-state index in [0.29, 0.717) is 5.56 Å². The van der Waals surface area contributed by atoms with Gasteiger partial charge in [-0.25, -0.2) is 18.6 Å². The Labute approximate surface area is 125 Å². The second-order valence-electron chi connectivity index (χ2n) is 4.78. The SMILES string of the molecule is O=C1OC(Cc2ccc(F)cc2)=N/C1=C/c1cccc(F)c1. The minimum atomic E-state index is -0.582. The largest absolute Gasteiger partial charge is 0.406 e. The molecule has 0 saturated heterocycles. The number of aliphatic imine (C=N–C) groups is 1. The number of benzene rings is 2. The van der Waals surface area contributed by atoms with Crippen LogP contribution in [0.1, 0.15) is 11.1 Å². The van der Waals surface area contributed by atoms with Gasteiger partial charge in [0.05, 0.1) is 0 Å². The maximum atomic E-state index is 13.1. The van der Waals surface area contributed by atoms with Gasteiger partial charge in [0, 0.05) is 6.42 Å². The number of carbonyl (C=O) groups excluding carboxylic acids is 1. The molecule has 1 heterocycles. The van der Waals surface area contributed by atoms with Crippen molar-refractivity contribution < 1.29 is 18.3 Å². The molecule has 2 aromatic carbocycles. The molecule has 110 valence electrons. The van der Waals surface area contributed by atoms with Gasteiger partial charge in [-0.15, -0.1) is 0 Å². The van der Waals surface area contributed by atoms with Gasteiger partial charge >= 0.3 is 5.97 Å². The number of cyclic esters (lactones) is 1. The first-order valence-corrected chi connectivity index (χ1v) is 6.61. The Morgan fingerprint density at radius 2 is 1.82 bits per heavy atom. The van der Waals surface area contributed by atoms with Gasteiger partial charge in [0.15, 0.2) is 5.70 Å². The fourth-order valence-corrected chi connectivity index (χ4v) is 2.06. The van der Waals surface area contributed by atoms with Crippen molar-refractivity contribution in [2.75, 3.05) is 0 Å². The van der Waals surface area contributed by atoms with Gasteiger partial charge < -0.3 is 4.74 Å². The van der Waals surface area contributed by atoms with Crippen molar-refractivity contribution >= 4 is 17.9 Å². The molecule has 0 spiro atoms. The predicted octanol–water partition coefficient (Wildman–Crippen LogP) is 3.50. The van der Waals surface area contributed by atoms with Gasteiger partial charge in [-0.3, -0.25) is 0 Å². The highest BCUT2D eigenvalue weighted by Gasteiger charge is 2.22. The molecule has 0 saturated carbocycles. The zero-order valence-electron chi connectivity index (χ0n) is 11.4. The Hall–Kier alpha value is -2.82. The third-order valence-corrected chi connectivity index (χ3v) is 3.09. The normalized spacial score (nSPS) is 15.8. The van der Waals surface area contributed by atoms with Gasteiger partial charge in [0.2, 0.25) is 5.90 Å². The molecule has 3 rings (SSSR count). The van der Waals surface area contributed by atoms with Crippen LogP contribution in [0.5, 0.6) is 0 Å². The van der Waals surface area contributed by atoms with Crippen LogP contribution in [-0.2, 0) is 16.0 Å². The lowest BCUT2D eigenvalue weighted by Gasteiger charge is -1.99. The van der Waals surface area contributed by atoms with Gasteiger partial charge in [-0.1, -0.05) is 24.3 Å². The molecule has 5 heteroatoms. The van der Waals surface area contributed by atoms with E-state index in [-0.39, 0.29) is 23.8 Å². The lowest BCUT2D eigenvalue weighted by atomic mass is 10.1. The van der Waals surface area contributed by atoms with Gasteiger partial charge in [-0.05, 0) is 41.5 Å². The van der Waals surface area contributed by atoms with Gasteiger partial charge in [0.1, 0.15) is 11.6 Å². The Kier molecular flexibility index (Phi) is 3.78. The molecule has 0 N–H and O–H groups in total. The van der Waals surface area contributed by atoms with E-state index in [9.17, 15) is 13.6 Å². The molecule has 1 aliphatic heterocycles. The molecular formula is C17H11F2NO2. The third kappa shape index (κ3) is 3.25. The zero-order chi connectivity index (χ0) is 15.5. The summed E-state index contributed by atoms with van der Waals surface area (Å²) in [4.78, 5) is 15.9. The number of halogens is 2. The van der Waals surface area contributed by atoms with E-state index < -0.39 is 11.8 Å². The average molecular weight is 299 g/mol. The van der Waals surface area contributed by atoms with E-state index in [0.717, 1.165) is 5.56 Å². The van der Waals surface area contributed by atoms with Crippen LogP contribution < -0.4 is 0 Å². The van der Waals surface area contributed by atoms with E-state index >= 15 is 0 Å². The molecular weight excluding hydrogens is 288 g/mol. The summed E-state index contributed by atoms with van der Waals surface area (Å²) in [6.07, 6.45) is 1.75. The molecule has 2 aromatic rings. The maximum Gasteiger partial charge on any atom is 0.363 e. The van der Waals surface area contributed by atoms with E-state index in [1.807, 2.05) is 0 Å². The summed E-state index contributed by atoms with van der Waals surface area (Å²) >= 11 is 0. The van der Waals surface area contributed by atoms with Crippen molar-refractivity contribution in [1.29, 1.82) is 0 Å². The molecule has 22 heavy (non-hydrogen) atoms. The molecule has 0 aromatic heterocycles. The molecule has 0 unspecified atom stereocenters. The van der Waals surface area contributed by atoms with Crippen LogP contribution >= 0.6 is 0 Å².